The molecule has 0 heterocycles. The van der Waals surface area contributed by atoms with E-state index in [0.717, 1.165) is 29.3 Å². The number of aliphatic hydroxyl groups is 1. The molecular formula is C12H16BrFO. The smallest absolute Gasteiger partial charge is 0.124 e. The SMILES string of the molecule is CCCC(O)CCc1cc(F)cc(Br)c1. The van der Waals surface area contributed by atoms with Gasteiger partial charge in [0.1, 0.15) is 5.82 Å². The van der Waals surface area contributed by atoms with Crippen LogP contribution in [0.4, 0.5) is 4.39 Å². The molecule has 1 N–H and O–H groups in total. The summed E-state index contributed by atoms with van der Waals surface area (Å²) in [7, 11) is 0. The van der Waals surface area contributed by atoms with Gasteiger partial charge in [0.05, 0.1) is 6.10 Å². The molecule has 1 unspecified atom stereocenters. The Balaban J connectivity index is 2.50. The molecular weight excluding hydrogens is 259 g/mol. The molecule has 3 heteroatoms. The molecule has 0 spiro atoms. The fraction of sp³-hybridized carbons (Fsp3) is 0.500. The third kappa shape index (κ3) is 4.76. The summed E-state index contributed by atoms with van der Waals surface area (Å²) in [5.41, 5.74) is 0.928. The van der Waals surface area contributed by atoms with E-state index < -0.39 is 0 Å². The highest BCUT2D eigenvalue weighted by Gasteiger charge is 2.04. The first-order chi connectivity index (χ1) is 7.11. The third-order valence-corrected chi connectivity index (χ3v) is 2.77. The van der Waals surface area contributed by atoms with Crippen molar-refractivity contribution in [2.45, 2.75) is 38.7 Å². The van der Waals surface area contributed by atoms with Crippen molar-refractivity contribution < 1.29 is 9.50 Å². The Morgan fingerprint density at radius 1 is 1.33 bits per heavy atom. The van der Waals surface area contributed by atoms with Gasteiger partial charge in [0.15, 0.2) is 0 Å². The predicted molar refractivity (Wildman–Crippen MR) is 63.3 cm³/mol. The van der Waals surface area contributed by atoms with Crippen molar-refractivity contribution in [1.29, 1.82) is 0 Å². The lowest BCUT2D eigenvalue weighted by atomic mass is 10.0. The topological polar surface area (TPSA) is 20.2 Å². The Hall–Kier alpha value is -0.410. The first-order valence-electron chi connectivity index (χ1n) is 5.25. The van der Waals surface area contributed by atoms with Crippen LogP contribution in [-0.2, 0) is 6.42 Å². The molecule has 0 aliphatic heterocycles. The van der Waals surface area contributed by atoms with Crippen LogP contribution in [0.15, 0.2) is 22.7 Å². The molecule has 0 saturated carbocycles. The highest BCUT2D eigenvalue weighted by Crippen LogP contribution is 2.17. The summed E-state index contributed by atoms with van der Waals surface area (Å²) in [4.78, 5) is 0. The number of aryl methyl sites for hydroxylation is 1. The largest absolute Gasteiger partial charge is 0.393 e. The number of rotatable bonds is 5. The van der Waals surface area contributed by atoms with Gasteiger partial charge in [0, 0.05) is 4.47 Å². The quantitative estimate of drug-likeness (QED) is 0.869. The lowest BCUT2D eigenvalue weighted by molar-refractivity contribution is 0.154. The Morgan fingerprint density at radius 3 is 2.67 bits per heavy atom. The molecule has 0 saturated heterocycles. The molecule has 15 heavy (non-hydrogen) atoms. The van der Waals surface area contributed by atoms with Crippen LogP contribution in [-0.4, -0.2) is 11.2 Å². The van der Waals surface area contributed by atoms with Crippen LogP contribution in [0, 0.1) is 5.82 Å². The average Bonchev–Trinajstić information content (AvgIpc) is 2.14. The van der Waals surface area contributed by atoms with E-state index in [1.54, 1.807) is 0 Å². The Kier molecular flexibility index (Phi) is 5.26. The molecule has 1 atom stereocenters. The molecule has 0 aliphatic carbocycles. The van der Waals surface area contributed by atoms with E-state index in [9.17, 15) is 9.50 Å². The number of aliphatic hydroxyl groups excluding tert-OH is 1. The second-order valence-electron chi connectivity index (χ2n) is 3.76. The average molecular weight is 275 g/mol. The summed E-state index contributed by atoms with van der Waals surface area (Å²) < 4.78 is 13.8. The standard InChI is InChI=1S/C12H16BrFO/c1-2-3-12(15)5-4-9-6-10(13)8-11(14)7-9/h6-8,12,15H,2-5H2,1H3. The van der Waals surface area contributed by atoms with Gasteiger partial charge >= 0.3 is 0 Å². The summed E-state index contributed by atoms with van der Waals surface area (Å²) in [6.45, 7) is 2.04. The zero-order valence-electron chi connectivity index (χ0n) is 8.84. The fourth-order valence-electron chi connectivity index (χ4n) is 1.57. The molecule has 84 valence electrons. The molecule has 1 aromatic rings. The van der Waals surface area contributed by atoms with E-state index >= 15 is 0 Å². The molecule has 0 bridgehead atoms. The van der Waals surface area contributed by atoms with Crippen molar-refractivity contribution in [1.82, 2.24) is 0 Å². The summed E-state index contributed by atoms with van der Waals surface area (Å²) in [5.74, 6) is -0.232. The molecule has 0 radical (unpaired) electrons. The lowest BCUT2D eigenvalue weighted by Gasteiger charge is -2.09. The zero-order valence-corrected chi connectivity index (χ0v) is 10.4. The summed E-state index contributed by atoms with van der Waals surface area (Å²) >= 11 is 3.25. The number of hydrogen-bond acceptors (Lipinski definition) is 1. The highest BCUT2D eigenvalue weighted by atomic mass is 79.9. The summed E-state index contributed by atoms with van der Waals surface area (Å²) in [6.07, 6.45) is 2.95. The van der Waals surface area contributed by atoms with Gasteiger partial charge in [-0.15, -0.1) is 0 Å². The van der Waals surface area contributed by atoms with Gasteiger partial charge in [-0.2, -0.15) is 0 Å². The number of benzene rings is 1. The fourth-order valence-corrected chi connectivity index (χ4v) is 2.08. The van der Waals surface area contributed by atoms with Gasteiger partial charge in [0.25, 0.3) is 0 Å². The summed E-state index contributed by atoms with van der Waals surface area (Å²) in [6, 6.07) is 4.84. The van der Waals surface area contributed by atoms with Crippen LogP contribution in [0.5, 0.6) is 0 Å². The predicted octanol–water partition coefficient (Wildman–Crippen LogP) is 3.68. The highest BCUT2D eigenvalue weighted by molar-refractivity contribution is 9.10. The van der Waals surface area contributed by atoms with Crippen molar-refractivity contribution in [3.05, 3.63) is 34.1 Å². The maximum absolute atomic E-state index is 13.0. The zero-order chi connectivity index (χ0) is 11.3. The second-order valence-corrected chi connectivity index (χ2v) is 4.67. The van der Waals surface area contributed by atoms with Crippen LogP contribution in [0.1, 0.15) is 31.7 Å². The molecule has 0 aliphatic rings. The Bertz CT molecular complexity index is 294. The third-order valence-electron chi connectivity index (χ3n) is 2.31. The van der Waals surface area contributed by atoms with Gasteiger partial charge < -0.3 is 5.11 Å². The van der Waals surface area contributed by atoms with Crippen molar-refractivity contribution >= 4 is 15.9 Å². The first kappa shape index (κ1) is 12.7. The maximum atomic E-state index is 13.0. The lowest BCUT2D eigenvalue weighted by Crippen LogP contribution is -2.07. The molecule has 1 rings (SSSR count). The van der Waals surface area contributed by atoms with Crippen molar-refractivity contribution in [3.63, 3.8) is 0 Å². The minimum absolute atomic E-state index is 0.232. The van der Waals surface area contributed by atoms with Gasteiger partial charge in [-0.25, -0.2) is 4.39 Å². The van der Waals surface area contributed by atoms with E-state index in [2.05, 4.69) is 15.9 Å². The molecule has 0 aromatic heterocycles. The van der Waals surface area contributed by atoms with Crippen LogP contribution < -0.4 is 0 Å². The normalized spacial score (nSPS) is 12.8. The van der Waals surface area contributed by atoms with Gasteiger partial charge in [-0.1, -0.05) is 29.3 Å². The molecule has 0 amide bonds. The van der Waals surface area contributed by atoms with Crippen LogP contribution in [0.3, 0.4) is 0 Å². The number of hydrogen-bond donors (Lipinski definition) is 1. The number of halogens is 2. The van der Waals surface area contributed by atoms with Crippen molar-refractivity contribution in [2.75, 3.05) is 0 Å². The van der Waals surface area contributed by atoms with Crippen molar-refractivity contribution in [3.8, 4) is 0 Å². The van der Waals surface area contributed by atoms with E-state index in [1.165, 1.54) is 12.1 Å². The van der Waals surface area contributed by atoms with Gasteiger partial charge in [-0.05, 0) is 43.0 Å². The Morgan fingerprint density at radius 2 is 2.07 bits per heavy atom. The molecule has 1 aromatic carbocycles. The van der Waals surface area contributed by atoms with Crippen LogP contribution in [0.25, 0.3) is 0 Å². The van der Waals surface area contributed by atoms with Crippen molar-refractivity contribution in [2.24, 2.45) is 0 Å². The van der Waals surface area contributed by atoms with Crippen LogP contribution in [0.2, 0.25) is 0 Å². The molecule has 1 nitrogen and oxygen atoms in total. The van der Waals surface area contributed by atoms with Crippen LogP contribution >= 0.6 is 15.9 Å². The molecule has 0 fully saturated rings. The monoisotopic (exact) mass is 274 g/mol. The maximum Gasteiger partial charge on any atom is 0.124 e. The van der Waals surface area contributed by atoms with E-state index in [-0.39, 0.29) is 11.9 Å². The second kappa shape index (κ2) is 6.23. The Labute approximate surface area is 98.4 Å². The summed E-state index contributed by atoms with van der Waals surface area (Å²) in [5, 5.41) is 9.54. The van der Waals surface area contributed by atoms with E-state index in [4.69, 9.17) is 0 Å². The first-order valence-corrected chi connectivity index (χ1v) is 6.04. The van der Waals surface area contributed by atoms with Gasteiger partial charge in [0.2, 0.25) is 0 Å². The minimum atomic E-state index is -0.267. The minimum Gasteiger partial charge on any atom is -0.393 e. The van der Waals surface area contributed by atoms with Gasteiger partial charge in [-0.3, -0.25) is 0 Å². The van der Waals surface area contributed by atoms with E-state index in [0.29, 0.717) is 6.42 Å². The van der Waals surface area contributed by atoms with E-state index in [1.807, 2.05) is 13.0 Å².